The highest BCUT2D eigenvalue weighted by Crippen LogP contribution is 2.29. The lowest BCUT2D eigenvalue weighted by molar-refractivity contribution is 0.923. The van der Waals surface area contributed by atoms with Crippen molar-refractivity contribution >= 4 is 44.8 Å². The Balaban J connectivity index is 2.21. The van der Waals surface area contributed by atoms with Gasteiger partial charge < -0.3 is 4.90 Å². The number of anilines is 1. The normalized spacial score (nSPS) is 10.5. The highest BCUT2D eigenvalue weighted by atomic mass is 79.9. The van der Waals surface area contributed by atoms with Crippen LogP contribution in [0.2, 0.25) is 10.0 Å². The molecule has 0 bridgehead atoms. The summed E-state index contributed by atoms with van der Waals surface area (Å²) in [5.41, 5.74) is 3.26. The van der Waals surface area contributed by atoms with Crippen molar-refractivity contribution in [2.24, 2.45) is 0 Å². The first-order valence-electron chi connectivity index (χ1n) is 5.90. The van der Waals surface area contributed by atoms with Crippen molar-refractivity contribution < 1.29 is 0 Å². The molecule has 0 aliphatic heterocycles. The van der Waals surface area contributed by atoms with Crippen LogP contribution in [0.3, 0.4) is 0 Å². The first-order chi connectivity index (χ1) is 9.11. The molecule has 0 spiro atoms. The molecule has 0 unspecified atom stereocenters. The van der Waals surface area contributed by atoms with Crippen LogP contribution in [-0.4, -0.2) is 7.05 Å². The summed E-state index contributed by atoms with van der Waals surface area (Å²) < 4.78 is 0. The van der Waals surface area contributed by atoms with Gasteiger partial charge in [0.2, 0.25) is 0 Å². The minimum Gasteiger partial charge on any atom is -0.369 e. The molecule has 2 aromatic carbocycles. The van der Waals surface area contributed by atoms with E-state index in [1.165, 1.54) is 5.56 Å². The largest absolute Gasteiger partial charge is 0.369 e. The van der Waals surface area contributed by atoms with E-state index in [-0.39, 0.29) is 0 Å². The average molecular weight is 359 g/mol. The van der Waals surface area contributed by atoms with Crippen molar-refractivity contribution in [3.8, 4) is 0 Å². The van der Waals surface area contributed by atoms with Crippen molar-refractivity contribution in [2.45, 2.75) is 11.9 Å². The van der Waals surface area contributed by atoms with Crippen LogP contribution >= 0.6 is 39.1 Å². The van der Waals surface area contributed by atoms with Gasteiger partial charge in [-0.05, 0) is 29.3 Å². The molecule has 0 atom stereocenters. The molecule has 2 rings (SSSR count). The van der Waals surface area contributed by atoms with Gasteiger partial charge in [-0.15, -0.1) is 0 Å². The van der Waals surface area contributed by atoms with Gasteiger partial charge in [-0.1, -0.05) is 63.4 Å². The molecule has 0 radical (unpaired) electrons. The predicted octanol–water partition coefficient (Wildman–Crippen LogP) is 5.52. The van der Waals surface area contributed by atoms with Crippen LogP contribution in [0.25, 0.3) is 0 Å². The van der Waals surface area contributed by atoms with E-state index in [2.05, 4.69) is 26.9 Å². The Hall–Kier alpha value is -0.700. The SMILES string of the molecule is CN(Cc1ccccc1Cl)c1ccc(CBr)cc1Cl. The molecule has 19 heavy (non-hydrogen) atoms. The number of benzene rings is 2. The lowest BCUT2D eigenvalue weighted by atomic mass is 10.2. The first kappa shape index (κ1) is 14.7. The number of alkyl halides is 1. The molecule has 4 heteroatoms. The maximum absolute atomic E-state index is 6.31. The fourth-order valence-electron chi connectivity index (χ4n) is 1.91. The molecule has 0 aliphatic carbocycles. The molecule has 0 saturated heterocycles. The molecule has 100 valence electrons. The van der Waals surface area contributed by atoms with Crippen LogP contribution in [0.4, 0.5) is 5.69 Å². The highest BCUT2D eigenvalue weighted by molar-refractivity contribution is 9.08. The van der Waals surface area contributed by atoms with Crippen molar-refractivity contribution in [1.29, 1.82) is 0 Å². The first-order valence-corrected chi connectivity index (χ1v) is 7.78. The summed E-state index contributed by atoms with van der Waals surface area (Å²) in [5.74, 6) is 0. The third kappa shape index (κ3) is 3.65. The second-order valence-electron chi connectivity index (χ2n) is 4.37. The molecule has 0 aliphatic rings. The predicted molar refractivity (Wildman–Crippen MR) is 87.6 cm³/mol. The van der Waals surface area contributed by atoms with Gasteiger partial charge in [0.1, 0.15) is 0 Å². The molecule has 1 nitrogen and oxygen atoms in total. The van der Waals surface area contributed by atoms with Crippen LogP contribution in [0.5, 0.6) is 0 Å². The summed E-state index contributed by atoms with van der Waals surface area (Å²) in [6, 6.07) is 13.9. The molecule has 0 amide bonds. The zero-order chi connectivity index (χ0) is 13.8. The molecule has 0 N–H and O–H groups in total. The van der Waals surface area contributed by atoms with Crippen molar-refractivity contribution in [1.82, 2.24) is 0 Å². The highest BCUT2D eigenvalue weighted by Gasteiger charge is 2.09. The Morgan fingerprint density at radius 1 is 1.05 bits per heavy atom. The number of hydrogen-bond acceptors (Lipinski definition) is 1. The van der Waals surface area contributed by atoms with E-state index in [1.807, 2.05) is 43.4 Å². The van der Waals surface area contributed by atoms with Gasteiger partial charge in [-0.25, -0.2) is 0 Å². The maximum Gasteiger partial charge on any atom is 0.0642 e. The maximum atomic E-state index is 6.31. The summed E-state index contributed by atoms with van der Waals surface area (Å²) in [5, 5.41) is 2.34. The van der Waals surface area contributed by atoms with Crippen LogP contribution in [0.15, 0.2) is 42.5 Å². The van der Waals surface area contributed by atoms with Gasteiger partial charge in [-0.3, -0.25) is 0 Å². The van der Waals surface area contributed by atoms with Crippen LogP contribution in [-0.2, 0) is 11.9 Å². The van der Waals surface area contributed by atoms with E-state index < -0.39 is 0 Å². The van der Waals surface area contributed by atoms with E-state index in [9.17, 15) is 0 Å². The van der Waals surface area contributed by atoms with Gasteiger partial charge in [0.05, 0.1) is 10.7 Å². The summed E-state index contributed by atoms with van der Waals surface area (Å²) in [4.78, 5) is 2.10. The Morgan fingerprint density at radius 2 is 1.79 bits per heavy atom. The van der Waals surface area contributed by atoms with Gasteiger partial charge in [0.15, 0.2) is 0 Å². The zero-order valence-corrected chi connectivity index (χ0v) is 13.6. The molecule has 0 fully saturated rings. The van der Waals surface area contributed by atoms with Crippen LogP contribution in [0, 0.1) is 0 Å². The molecular formula is C15H14BrCl2N. The van der Waals surface area contributed by atoms with Crippen molar-refractivity contribution in [3.05, 3.63) is 63.6 Å². The monoisotopic (exact) mass is 357 g/mol. The quantitative estimate of drug-likeness (QED) is 0.650. The lowest BCUT2D eigenvalue weighted by Gasteiger charge is -2.21. The van der Waals surface area contributed by atoms with E-state index in [0.717, 1.165) is 33.2 Å². The van der Waals surface area contributed by atoms with Gasteiger partial charge >= 0.3 is 0 Å². The average Bonchev–Trinajstić information content (AvgIpc) is 2.41. The van der Waals surface area contributed by atoms with Gasteiger partial charge in [-0.2, -0.15) is 0 Å². The van der Waals surface area contributed by atoms with Gasteiger partial charge in [0, 0.05) is 23.9 Å². The van der Waals surface area contributed by atoms with E-state index in [4.69, 9.17) is 23.2 Å². The number of hydrogen-bond donors (Lipinski definition) is 0. The standard InChI is InChI=1S/C15H14BrCl2N/c1-19(10-12-4-2-3-5-13(12)17)15-7-6-11(9-16)8-14(15)18/h2-8H,9-10H2,1H3. The van der Waals surface area contributed by atoms with Crippen molar-refractivity contribution in [2.75, 3.05) is 11.9 Å². The summed E-state index contributed by atoms with van der Waals surface area (Å²) >= 11 is 15.9. The zero-order valence-electron chi connectivity index (χ0n) is 10.5. The molecule has 0 saturated carbocycles. The summed E-state index contributed by atoms with van der Waals surface area (Å²) in [6.45, 7) is 0.729. The van der Waals surface area contributed by atoms with E-state index in [0.29, 0.717) is 0 Å². The Bertz CT molecular complexity index is 572. The number of halogens is 3. The fraction of sp³-hybridized carbons (Fsp3) is 0.200. The van der Waals surface area contributed by atoms with E-state index >= 15 is 0 Å². The molecular weight excluding hydrogens is 345 g/mol. The minimum atomic E-state index is 0.729. The second-order valence-corrected chi connectivity index (χ2v) is 5.74. The molecule has 0 aromatic heterocycles. The number of nitrogens with zero attached hydrogens (tertiary/aromatic N) is 1. The Kier molecular flexibility index (Phi) is 5.14. The van der Waals surface area contributed by atoms with Crippen LogP contribution < -0.4 is 4.90 Å². The van der Waals surface area contributed by atoms with Crippen LogP contribution in [0.1, 0.15) is 11.1 Å². The smallest absolute Gasteiger partial charge is 0.0642 e. The number of rotatable bonds is 4. The Morgan fingerprint density at radius 3 is 2.42 bits per heavy atom. The van der Waals surface area contributed by atoms with E-state index in [1.54, 1.807) is 0 Å². The third-order valence-corrected chi connectivity index (χ3v) is 4.26. The minimum absolute atomic E-state index is 0.729. The summed E-state index contributed by atoms with van der Waals surface area (Å²) in [7, 11) is 2.01. The lowest BCUT2D eigenvalue weighted by Crippen LogP contribution is -2.17. The van der Waals surface area contributed by atoms with Gasteiger partial charge in [0.25, 0.3) is 0 Å². The topological polar surface area (TPSA) is 3.24 Å². The molecule has 0 heterocycles. The van der Waals surface area contributed by atoms with Crippen molar-refractivity contribution in [3.63, 3.8) is 0 Å². The molecule has 2 aromatic rings. The second kappa shape index (κ2) is 6.65. The Labute approximate surface area is 132 Å². The third-order valence-electron chi connectivity index (χ3n) is 2.94. The fourth-order valence-corrected chi connectivity index (χ4v) is 2.80. The summed E-state index contributed by atoms with van der Waals surface area (Å²) in [6.07, 6.45) is 0.